The average Bonchev–Trinajstić information content (AvgIpc) is 3.12. The summed E-state index contributed by atoms with van der Waals surface area (Å²) in [5, 5.41) is 0.702. The zero-order valence-corrected chi connectivity index (χ0v) is 29.5. The minimum absolute atomic E-state index is 0.136. The number of hydrogen-bond acceptors (Lipinski definition) is 4. The summed E-state index contributed by atoms with van der Waals surface area (Å²) in [7, 11) is 0. The average molecular weight is 677 g/mol. The number of carbonyl (C=O) groups is 3. The first-order valence-corrected chi connectivity index (χ1v) is 18.3. The molecule has 1 fully saturated rings. The van der Waals surface area contributed by atoms with E-state index < -0.39 is 11.8 Å². The van der Waals surface area contributed by atoms with Gasteiger partial charge in [-0.05, 0) is 68.1 Å². The number of ether oxygens (including phenoxy) is 1. The van der Waals surface area contributed by atoms with Gasteiger partial charge in [0.1, 0.15) is 0 Å². The summed E-state index contributed by atoms with van der Waals surface area (Å²) in [5.74, 6) is -1.30. The minimum atomic E-state index is -0.693. The normalized spacial score (nSPS) is 18.7. The van der Waals surface area contributed by atoms with Crippen molar-refractivity contribution in [3.63, 3.8) is 0 Å². The van der Waals surface area contributed by atoms with Gasteiger partial charge in [0.25, 0.3) is 0 Å². The third-order valence-corrected chi connectivity index (χ3v) is 9.39. The second-order valence-electron chi connectivity index (χ2n) is 12.7. The van der Waals surface area contributed by atoms with Crippen molar-refractivity contribution in [2.45, 2.75) is 89.9 Å². The molecule has 4 nitrogen and oxygen atoms in total. The van der Waals surface area contributed by atoms with Crippen LogP contribution in [0.2, 0.25) is 5.02 Å². The lowest BCUT2D eigenvalue weighted by Crippen LogP contribution is -2.30. The number of benzene rings is 2. The van der Waals surface area contributed by atoms with Crippen molar-refractivity contribution in [3.05, 3.63) is 154 Å². The SMILES string of the molecule is CCCCCCCCC\C=C/C=C\C=C\C=C/C=C\C=C\C(=O)OC1=C(C2CCC(c3ccc(Cl)cc3)CC2)C(=O)c2ccccc2C1=O. The molecule has 0 heterocycles. The predicted octanol–water partition coefficient (Wildman–Crippen LogP) is 12.0. The Kier molecular flexibility index (Phi) is 16.0. The second-order valence-corrected chi connectivity index (χ2v) is 13.1. The number of esters is 1. The van der Waals surface area contributed by atoms with Crippen molar-refractivity contribution in [1.82, 2.24) is 0 Å². The van der Waals surface area contributed by atoms with Crippen molar-refractivity contribution in [2.75, 3.05) is 0 Å². The van der Waals surface area contributed by atoms with Gasteiger partial charge in [0.15, 0.2) is 11.5 Å². The van der Waals surface area contributed by atoms with E-state index in [4.69, 9.17) is 16.3 Å². The molecule has 0 unspecified atom stereocenters. The molecule has 5 heteroatoms. The molecule has 0 aliphatic heterocycles. The Morgan fingerprint density at radius 1 is 0.673 bits per heavy atom. The molecule has 0 spiro atoms. The molecule has 49 heavy (non-hydrogen) atoms. The van der Waals surface area contributed by atoms with Crippen LogP contribution in [0.25, 0.3) is 0 Å². The van der Waals surface area contributed by atoms with Gasteiger partial charge in [-0.1, -0.05) is 160 Å². The van der Waals surface area contributed by atoms with Crippen LogP contribution < -0.4 is 0 Å². The van der Waals surface area contributed by atoms with Crippen molar-refractivity contribution in [1.29, 1.82) is 0 Å². The summed E-state index contributed by atoms with van der Waals surface area (Å²) >= 11 is 6.08. The molecule has 2 aliphatic rings. The van der Waals surface area contributed by atoms with E-state index in [2.05, 4.69) is 19.1 Å². The maximum atomic E-state index is 13.7. The Labute approximate surface area is 297 Å². The maximum absolute atomic E-state index is 13.7. The number of rotatable bonds is 17. The van der Waals surface area contributed by atoms with Crippen LogP contribution in [-0.4, -0.2) is 17.5 Å². The first-order chi connectivity index (χ1) is 24.0. The fraction of sp³-hybridized carbons (Fsp3) is 0.341. The van der Waals surface area contributed by atoms with Gasteiger partial charge in [-0.2, -0.15) is 0 Å². The summed E-state index contributed by atoms with van der Waals surface area (Å²) in [6.45, 7) is 2.25. The van der Waals surface area contributed by atoms with Crippen LogP contribution in [0.5, 0.6) is 0 Å². The Bertz CT molecular complexity index is 1610. The Morgan fingerprint density at radius 2 is 1.20 bits per heavy atom. The topological polar surface area (TPSA) is 60.4 Å². The van der Waals surface area contributed by atoms with Crippen molar-refractivity contribution in [3.8, 4) is 0 Å². The fourth-order valence-corrected chi connectivity index (χ4v) is 6.60. The molecule has 0 amide bonds. The summed E-state index contributed by atoms with van der Waals surface area (Å²) in [6, 6.07) is 14.6. The molecule has 0 atom stereocenters. The monoisotopic (exact) mass is 676 g/mol. The smallest absolute Gasteiger partial charge is 0.336 e. The molecule has 2 aromatic carbocycles. The number of hydrogen-bond donors (Lipinski definition) is 0. The summed E-state index contributed by atoms with van der Waals surface area (Å²) in [6.07, 6.45) is 35.9. The highest BCUT2D eigenvalue weighted by Gasteiger charge is 2.39. The Morgan fingerprint density at radius 3 is 1.84 bits per heavy atom. The third-order valence-electron chi connectivity index (χ3n) is 9.13. The van der Waals surface area contributed by atoms with E-state index in [1.165, 1.54) is 56.6 Å². The van der Waals surface area contributed by atoms with Crippen molar-refractivity contribution in [2.24, 2.45) is 5.92 Å². The molecule has 4 rings (SSSR count). The standard InChI is InChI=1S/C44H49ClO4/c1-2-3-4-5-6-7-8-9-10-11-12-13-14-15-16-17-18-19-20-25-40(46)49-44-41(42(47)38-23-21-22-24-39(38)43(44)48)36-28-26-34(27-29-36)35-30-32-37(45)33-31-35/h10-25,30-34,36H,2-9,26-29H2,1H3/b11-10-,13-12-,15-14+,17-16-,19-18-,25-20+. The number of Topliss-reactive ketones (excluding diaryl/α,β-unsaturated/α-hetero) is 2. The Balaban J connectivity index is 1.27. The van der Waals surface area contributed by atoms with E-state index in [0.29, 0.717) is 22.1 Å². The molecular formula is C44H49ClO4. The molecule has 256 valence electrons. The highest BCUT2D eigenvalue weighted by molar-refractivity contribution is 6.30. The molecule has 0 aromatic heterocycles. The van der Waals surface area contributed by atoms with Gasteiger partial charge < -0.3 is 4.74 Å². The molecule has 1 saturated carbocycles. The van der Waals surface area contributed by atoms with Crippen molar-refractivity contribution < 1.29 is 19.1 Å². The highest BCUT2D eigenvalue weighted by atomic mass is 35.5. The van der Waals surface area contributed by atoms with Gasteiger partial charge in [-0.3, -0.25) is 9.59 Å². The van der Waals surface area contributed by atoms with E-state index in [0.717, 1.165) is 32.1 Å². The largest absolute Gasteiger partial charge is 0.419 e. The molecule has 0 radical (unpaired) electrons. The van der Waals surface area contributed by atoms with Gasteiger partial charge in [0.05, 0.1) is 5.57 Å². The van der Waals surface area contributed by atoms with Gasteiger partial charge in [0.2, 0.25) is 5.78 Å². The van der Waals surface area contributed by atoms with Gasteiger partial charge >= 0.3 is 5.97 Å². The first-order valence-electron chi connectivity index (χ1n) is 17.9. The molecule has 2 aromatic rings. The number of unbranched alkanes of at least 4 members (excludes halogenated alkanes) is 7. The van der Waals surface area contributed by atoms with Crippen LogP contribution in [-0.2, 0) is 9.53 Å². The van der Waals surface area contributed by atoms with Crippen LogP contribution in [0.3, 0.4) is 0 Å². The van der Waals surface area contributed by atoms with Crippen LogP contribution in [0.15, 0.2) is 133 Å². The summed E-state index contributed by atoms with van der Waals surface area (Å²) < 4.78 is 5.65. The number of halogens is 1. The molecule has 0 N–H and O–H groups in total. The van der Waals surface area contributed by atoms with E-state index in [-0.39, 0.29) is 23.0 Å². The highest BCUT2D eigenvalue weighted by Crippen LogP contribution is 2.42. The van der Waals surface area contributed by atoms with Crippen molar-refractivity contribution >= 4 is 29.1 Å². The predicted molar refractivity (Wildman–Crippen MR) is 202 cm³/mol. The van der Waals surface area contributed by atoms with Gasteiger partial charge in [-0.15, -0.1) is 0 Å². The number of ketones is 2. The van der Waals surface area contributed by atoms with Gasteiger partial charge in [-0.25, -0.2) is 4.79 Å². The van der Waals surface area contributed by atoms with Crippen LogP contribution in [0.1, 0.15) is 116 Å². The zero-order chi connectivity index (χ0) is 34.7. The Hall–Kier alpha value is -4.28. The molecule has 0 saturated heterocycles. The number of fused-ring (bicyclic) bond motifs is 1. The lowest BCUT2D eigenvalue weighted by atomic mass is 9.72. The summed E-state index contributed by atoms with van der Waals surface area (Å²) in [5.41, 5.74) is 2.18. The lowest BCUT2D eigenvalue weighted by molar-refractivity contribution is -0.133. The minimum Gasteiger partial charge on any atom is -0.419 e. The molecule has 0 bridgehead atoms. The molecule has 2 aliphatic carbocycles. The van der Waals surface area contributed by atoms with Crippen LogP contribution >= 0.6 is 11.6 Å². The van der Waals surface area contributed by atoms with E-state index in [1.54, 1.807) is 42.5 Å². The third kappa shape index (κ3) is 12.0. The second kappa shape index (κ2) is 20.9. The quantitative estimate of drug-likeness (QED) is 0.0724. The van der Waals surface area contributed by atoms with E-state index in [9.17, 15) is 14.4 Å². The first kappa shape index (κ1) is 37.5. The zero-order valence-electron chi connectivity index (χ0n) is 28.7. The number of allylic oxidation sites excluding steroid dienone is 13. The van der Waals surface area contributed by atoms with Gasteiger partial charge in [0, 0.05) is 22.2 Å². The van der Waals surface area contributed by atoms with Crippen LogP contribution in [0, 0.1) is 5.92 Å². The summed E-state index contributed by atoms with van der Waals surface area (Å²) in [4.78, 5) is 40.1. The molecular weight excluding hydrogens is 628 g/mol. The van der Waals surface area contributed by atoms with E-state index in [1.807, 2.05) is 60.7 Å². The fourth-order valence-electron chi connectivity index (χ4n) is 6.47. The lowest BCUT2D eigenvalue weighted by Gasteiger charge is -2.32. The number of carbonyl (C=O) groups excluding carboxylic acids is 3. The van der Waals surface area contributed by atoms with E-state index >= 15 is 0 Å². The van der Waals surface area contributed by atoms with Crippen LogP contribution in [0.4, 0.5) is 0 Å². The maximum Gasteiger partial charge on any atom is 0.336 e.